The molecule has 3 N–H and O–H groups in total. The molecule has 0 aliphatic carbocycles. The van der Waals surface area contributed by atoms with Crippen molar-refractivity contribution in [3.63, 3.8) is 0 Å². The lowest BCUT2D eigenvalue weighted by Gasteiger charge is -2.07. The van der Waals surface area contributed by atoms with Crippen molar-refractivity contribution >= 4 is 18.4 Å². The third-order valence-corrected chi connectivity index (χ3v) is 1.44. The minimum Gasteiger partial charge on any atom is -0.461 e. The van der Waals surface area contributed by atoms with E-state index in [1.165, 1.54) is 0 Å². The molecule has 7 nitrogen and oxygen atoms in total. The summed E-state index contributed by atoms with van der Waals surface area (Å²) in [5.74, 6) is -0.530. The van der Waals surface area contributed by atoms with Gasteiger partial charge in [0.05, 0.1) is 6.54 Å². The number of urea groups is 1. The van der Waals surface area contributed by atoms with E-state index < -0.39 is 5.97 Å². The van der Waals surface area contributed by atoms with Gasteiger partial charge >= 0.3 is 12.0 Å². The molecule has 0 aromatic carbocycles. The average Bonchev–Trinajstić information content (AvgIpc) is 2.30. The Morgan fingerprint density at radius 3 is 2.50 bits per heavy atom. The van der Waals surface area contributed by atoms with Gasteiger partial charge in [-0.2, -0.15) is 0 Å². The van der Waals surface area contributed by atoms with Crippen LogP contribution in [-0.2, 0) is 14.3 Å². The van der Waals surface area contributed by atoms with Gasteiger partial charge in [0.1, 0.15) is 6.61 Å². The number of amides is 3. The second-order valence-corrected chi connectivity index (χ2v) is 2.63. The zero-order valence-corrected chi connectivity index (χ0v) is 8.82. The first-order valence-corrected chi connectivity index (χ1v) is 4.68. The molecule has 3 amide bonds. The molecule has 7 heteroatoms. The van der Waals surface area contributed by atoms with Crippen molar-refractivity contribution in [2.75, 3.05) is 26.2 Å². The molecule has 16 heavy (non-hydrogen) atoms. The molecule has 0 heterocycles. The first-order chi connectivity index (χ1) is 7.70. The van der Waals surface area contributed by atoms with Gasteiger partial charge in [-0.05, 0) is 0 Å². The highest BCUT2D eigenvalue weighted by Gasteiger charge is 1.99. The molecule has 0 atom stereocenters. The summed E-state index contributed by atoms with van der Waals surface area (Å²) in [4.78, 5) is 31.5. The van der Waals surface area contributed by atoms with Crippen molar-refractivity contribution in [3.8, 4) is 0 Å². The van der Waals surface area contributed by atoms with Crippen LogP contribution in [0.15, 0.2) is 12.7 Å². The number of ether oxygens (including phenoxy) is 1. The molecule has 0 aromatic heterocycles. The van der Waals surface area contributed by atoms with Crippen LogP contribution in [0.1, 0.15) is 0 Å². The maximum absolute atomic E-state index is 11.0. The second-order valence-electron chi connectivity index (χ2n) is 2.63. The molecule has 0 spiro atoms. The Balaban J connectivity index is 3.33. The maximum atomic E-state index is 11.0. The van der Waals surface area contributed by atoms with E-state index in [2.05, 4.69) is 27.3 Å². The molecule has 0 bridgehead atoms. The highest BCUT2D eigenvalue weighted by Crippen LogP contribution is 1.77. The average molecular weight is 229 g/mol. The summed E-state index contributed by atoms with van der Waals surface area (Å²) in [7, 11) is 0. The molecule has 0 radical (unpaired) electrons. The molecule has 0 fully saturated rings. The number of esters is 1. The van der Waals surface area contributed by atoms with Gasteiger partial charge in [0, 0.05) is 19.2 Å². The lowest BCUT2D eigenvalue weighted by Crippen LogP contribution is -2.40. The van der Waals surface area contributed by atoms with Crippen molar-refractivity contribution in [1.29, 1.82) is 0 Å². The van der Waals surface area contributed by atoms with Gasteiger partial charge in [-0.25, -0.2) is 9.59 Å². The number of hydrogen-bond acceptors (Lipinski definition) is 4. The Morgan fingerprint density at radius 1 is 1.19 bits per heavy atom. The molecule has 0 aliphatic rings. The Bertz CT molecular complexity index is 255. The molecule has 0 aliphatic heterocycles. The van der Waals surface area contributed by atoms with Gasteiger partial charge in [-0.15, -0.1) is 0 Å². The first-order valence-electron chi connectivity index (χ1n) is 4.68. The van der Waals surface area contributed by atoms with E-state index in [9.17, 15) is 14.4 Å². The standard InChI is InChI=1S/C9H15N3O4/c1-2-8(14)16-6-5-12-9(15)11-4-3-10-7-13/h2,7H,1,3-6H2,(H,10,13)(H2,11,12,15). The fourth-order valence-electron chi connectivity index (χ4n) is 0.745. The summed E-state index contributed by atoms with van der Waals surface area (Å²) in [5.41, 5.74) is 0. The highest BCUT2D eigenvalue weighted by atomic mass is 16.5. The molecule has 0 aromatic rings. The van der Waals surface area contributed by atoms with Crippen LogP contribution < -0.4 is 16.0 Å². The van der Waals surface area contributed by atoms with E-state index in [1.807, 2.05) is 0 Å². The van der Waals surface area contributed by atoms with Crippen LogP contribution in [0.4, 0.5) is 4.79 Å². The third kappa shape index (κ3) is 8.54. The zero-order chi connectivity index (χ0) is 12.2. The predicted octanol–water partition coefficient (Wildman–Crippen LogP) is -1.24. The Kier molecular flexibility index (Phi) is 8.29. The van der Waals surface area contributed by atoms with E-state index in [0.717, 1.165) is 6.08 Å². The zero-order valence-electron chi connectivity index (χ0n) is 8.82. The van der Waals surface area contributed by atoms with Crippen LogP contribution >= 0.6 is 0 Å². The molecular formula is C9H15N3O4. The van der Waals surface area contributed by atoms with E-state index in [0.29, 0.717) is 19.5 Å². The van der Waals surface area contributed by atoms with Crippen molar-refractivity contribution in [1.82, 2.24) is 16.0 Å². The maximum Gasteiger partial charge on any atom is 0.330 e. The van der Waals surface area contributed by atoms with Crippen molar-refractivity contribution in [2.24, 2.45) is 0 Å². The van der Waals surface area contributed by atoms with Crippen LogP contribution in [0.5, 0.6) is 0 Å². The highest BCUT2D eigenvalue weighted by molar-refractivity contribution is 5.81. The fourth-order valence-corrected chi connectivity index (χ4v) is 0.745. The summed E-state index contributed by atoms with van der Waals surface area (Å²) < 4.78 is 4.63. The van der Waals surface area contributed by atoms with Gasteiger partial charge in [0.25, 0.3) is 0 Å². The lowest BCUT2D eigenvalue weighted by atomic mass is 10.6. The normalized spacial score (nSPS) is 8.75. The number of carbonyl (C=O) groups excluding carboxylic acids is 3. The Hall–Kier alpha value is -2.05. The van der Waals surface area contributed by atoms with Gasteiger partial charge in [-0.3, -0.25) is 4.79 Å². The second kappa shape index (κ2) is 9.50. The molecule has 0 unspecified atom stereocenters. The number of rotatable bonds is 8. The lowest BCUT2D eigenvalue weighted by molar-refractivity contribution is -0.137. The molecule has 0 saturated carbocycles. The van der Waals surface area contributed by atoms with E-state index in [1.54, 1.807) is 0 Å². The summed E-state index contributed by atoms with van der Waals surface area (Å²) >= 11 is 0. The van der Waals surface area contributed by atoms with E-state index in [-0.39, 0.29) is 19.2 Å². The van der Waals surface area contributed by atoms with Crippen LogP contribution in [0.2, 0.25) is 0 Å². The van der Waals surface area contributed by atoms with Gasteiger partial charge in [-0.1, -0.05) is 6.58 Å². The van der Waals surface area contributed by atoms with Crippen LogP contribution in [0.25, 0.3) is 0 Å². The summed E-state index contributed by atoms with van der Waals surface area (Å²) in [6.45, 7) is 4.22. The number of nitrogens with one attached hydrogen (secondary N) is 3. The molecule has 0 saturated heterocycles. The van der Waals surface area contributed by atoms with Crippen LogP contribution in [0, 0.1) is 0 Å². The van der Waals surface area contributed by atoms with Crippen molar-refractivity contribution in [3.05, 3.63) is 12.7 Å². The summed E-state index contributed by atoms with van der Waals surface area (Å²) in [6.07, 6.45) is 1.60. The predicted molar refractivity (Wildman–Crippen MR) is 56.6 cm³/mol. The van der Waals surface area contributed by atoms with Gasteiger partial charge < -0.3 is 20.7 Å². The minimum absolute atomic E-state index is 0.0882. The van der Waals surface area contributed by atoms with Crippen molar-refractivity contribution in [2.45, 2.75) is 0 Å². The van der Waals surface area contributed by atoms with Gasteiger partial charge in [0.2, 0.25) is 6.41 Å². The van der Waals surface area contributed by atoms with Crippen LogP contribution in [0.3, 0.4) is 0 Å². The topological polar surface area (TPSA) is 96.5 Å². The van der Waals surface area contributed by atoms with Crippen molar-refractivity contribution < 1.29 is 19.1 Å². The molecular weight excluding hydrogens is 214 g/mol. The SMILES string of the molecule is C=CC(=O)OCCNC(=O)NCCNC=O. The Morgan fingerprint density at radius 2 is 1.88 bits per heavy atom. The first kappa shape index (κ1) is 13.9. The van der Waals surface area contributed by atoms with Crippen LogP contribution in [-0.4, -0.2) is 44.7 Å². The smallest absolute Gasteiger partial charge is 0.330 e. The molecule has 0 rings (SSSR count). The minimum atomic E-state index is -0.530. The monoisotopic (exact) mass is 229 g/mol. The fraction of sp³-hybridized carbons (Fsp3) is 0.444. The molecule has 90 valence electrons. The van der Waals surface area contributed by atoms with Gasteiger partial charge in [0.15, 0.2) is 0 Å². The summed E-state index contributed by atoms with van der Waals surface area (Å²) in [6, 6.07) is -0.387. The number of carbonyl (C=O) groups is 3. The summed E-state index contributed by atoms with van der Waals surface area (Å²) in [5, 5.41) is 7.34. The quantitative estimate of drug-likeness (QED) is 0.210. The largest absolute Gasteiger partial charge is 0.461 e. The third-order valence-electron chi connectivity index (χ3n) is 1.44. The van der Waals surface area contributed by atoms with E-state index >= 15 is 0 Å². The van der Waals surface area contributed by atoms with E-state index in [4.69, 9.17) is 0 Å². The number of hydrogen-bond donors (Lipinski definition) is 3. The Labute approximate surface area is 93.2 Å².